The van der Waals surface area contributed by atoms with Crippen molar-refractivity contribution in [2.45, 2.75) is 56.5 Å². The molecule has 5 atom stereocenters. The van der Waals surface area contributed by atoms with E-state index in [4.69, 9.17) is 13.9 Å². The maximum absolute atomic E-state index is 12.5. The van der Waals surface area contributed by atoms with Gasteiger partial charge in [0, 0.05) is 0 Å². The number of carbonyl (C=O) groups is 1. The molecule has 3 aromatic rings. The first kappa shape index (κ1) is 27.2. The van der Waals surface area contributed by atoms with Crippen molar-refractivity contribution in [1.29, 1.82) is 0 Å². The zero-order chi connectivity index (χ0) is 26.6. The molecule has 0 saturated carbocycles. The maximum Gasteiger partial charge on any atom is 0.338 e. The molecular weight excluding hydrogens is 488 g/mol. The fourth-order valence-electron chi connectivity index (χ4n) is 4.92. The van der Waals surface area contributed by atoms with Crippen LogP contribution in [0.3, 0.4) is 0 Å². The third-order valence-corrected chi connectivity index (χ3v) is 11.8. The van der Waals surface area contributed by atoms with Crippen LogP contribution in [0.1, 0.15) is 31.1 Å². The summed E-state index contributed by atoms with van der Waals surface area (Å²) in [4.78, 5) is 12.5. The van der Waals surface area contributed by atoms with Crippen LogP contribution >= 0.6 is 0 Å². The van der Waals surface area contributed by atoms with Crippen LogP contribution in [0, 0.1) is 0 Å². The normalized spacial score (nSPS) is 24.4. The van der Waals surface area contributed by atoms with E-state index < -0.39 is 45.0 Å². The van der Waals surface area contributed by atoms with Gasteiger partial charge >= 0.3 is 5.97 Å². The SMILES string of the molecule is CC(C)(C)[Si](OC[C@H]1O[C@H](O)[C@@H](OC(=O)c2ccccc2)[C@@H](O)[C@@H]1O)(c1ccccc1)c1ccccc1. The summed E-state index contributed by atoms with van der Waals surface area (Å²) in [6.45, 7) is 6.29. The van der Waals surface area contributed by atoms with E-state index in [1.807, 2.05) is 60.7 Å². The van der Waals surface area contributed by atoms with Crippen molar-refractivity contribution in [3.05, 3.63) is 96.6 Å². The van der Waals surface area contributed by atoms with Gasteiger partial charge in [0.05, 0.1) is 12.2 Å². The maximum atomic E-state index is 12.5. The topological polar surface area (TPSA) is 105 Å². The largest absolute Gasteiger partial charge is 0.450 e. The van der Waals surface area contributed by atoms with Gasteiger partial charge in [-0.25, -0.2) is 4.79 Å². The fourth-order valence-corrected chi connectivity index (χ4v) is 9.49. The van der Waals surface area contributed by atoms with E-state index in [1.54, 1.807) is 30.3 Å². The highest BCUT2D eigenvalue weighted by Gasteiger charge is 2.52. The van der Waals surface area contributed by atoms with Crippen LogP contribution in [0.15, 0.2) is 91.0 Å². The van der Waals surface area contributed by atoms with Gasteiger partial charge in [-0.3, -0.25) is 0 Å². The second kappa shape index (κ2) is 11.3. The van der Waals surface area contributed by atoms with E-state index in [1.165, 1.54) is 0 Å². The van der Waals surface area contributed by atoms with Crippen molar-refractivity contribution >= 4 is 24.7 Å². The van der Waals surface area contributed by atoms with E-state index in [9.17, 15) is 20.1 Å². The molecule has 7 nitrogen and oxygen atoms in total. The Morgan fingerprint density at radius 1 is 0.811 bits per heavy atom. The van der Waals surface area contributed by atoms with Crippen LogP contribution in [0.5, 0.6) is 0 Å². The van der Waals surface area contributed by atoms with Gasteiger partial charge in [0.15, 0.2) is 12.4 Å². The molecule has 3 aromatic carbocycles. The first-order valence-corrected chi connectivity index (χ1v) is 14.3. The first-order chi connectivity index (χ1) is 17.6. The molecule has 0 aliphatic carbocycles. The zero-order valence-corrected chi connectivity index (χ0v) is 22.2. The van der Waals surface area contributed by atoms with Crippen molar-refractivity contribution in [1.82, 2.24) is 0 Å². The van der Waals surface area contributed by atoms with Crippen molar-refractivity contribution in [3.8, 4) is 0 Å². The molecule has 0 amide bonds. The molecule has 1 saturated heterocycles. The number of rotatable bonds is 7. The Bertz CT molecular complexity index is 1110. The summed E-state index contributed by atoms with van der Waals surface area (Å²) in [7, 11) is -2.93. The zero-order valence-electron chi connectivity index (χ0n) is 21.2. The molecule has 1 heterocycles. The van der Waals surface area contributed by atoms with Crippen molar-refractivity contribution in [2.75, 3.05) is 6.61 Å². The van der Waals surface area contributed by atoms with Crippen LogP contribution in [-0.2, 0) is 13.9 Å². The molecule has 0 radical (unpaired) electrons. The minimum absolute atomic E-state index is 0.0814. The average Bonchev–Trinajstić information content (AvgIpc) is 2.90. The summed E-state index contributed by atoms with van der Waals surface area (Å²) in [5.41, 5.74) is 0.258. The molecule has 37 heavy (non-hydrogen) atoms. The van der Waals surface area contributed by atoms with Crippen LogP contribution < -0.4 is 10.4 Å². The third kappa shape index (κ3) is 5.55. The molecule has 8 heteroatoms. The summed E-state index contributed by atoms with van der Waals surface area (Å²) in [5, 5.41) is 34.1. The average molecular weight is 523 g/mol. The summed E-state index contributed by atoms with van der Waals surface area (Å²) in [6.07, 6.45) is -7.15. The number of esters is 1. The Labute approximate surface area is 218 Å². The summed E-state index contributed by atoms with van der Waals surface area (Å²) in [6, 6.07) is 28.2. The predicted octanol–water partition coefficient (Wildman–Crippen LogP) is 2.23. The van der Waals surface area contributed by atoms with Gasteiger partial charge in [-0.2, -0.15) is 0 Å². The molecule has 0 unspecified atom stereocenters. The quantitative estimate of drug-likeness (QED) is 0.323. The van der Waals surface area contributed by atoms with Gasteiger partial charge in [-0.1, -0.05) is 99.6 Å². The molecular formula is C29H34O7Si. The van der Waals surface area contributed by atoms with Gasteiger partial charge < -0.3 is 29.2 Å². The van der Waals surface area contributed by atoms with Crippen LogP contribution in [0.25, 0.3) is 0 Å². The van der Waals surface area contributed by atoms with Gasteiger partial charge in [0.25, 0.3) is 8.32 Å². The molecule has 3 N–H and O–H groups in total. The van der Waals surface area contributed by atoms with Crippen molar-refractivity contribution < 1.29 is 34.0 Å². The van der Waals surface area contributed by atoms with Crippen LogP contribution in [0.2, 0.25) is 5.04 Å². The van der Waals surface area contributed by atoms with Gasteiger partial charge in [-0.05, 0) is 27.5 Å². The van der Waals surface area contributed by atoms with Gasteiger partial charge in [0.1, 0.15) is 18.3 Å². The number of hydrogen-bond donors (Lipinski definition) is 3. The Kier molecular flexibility index (Phi) is 8.28. The highest BCUT2D eigenvalue weighted by molar-refractivity contribution is 6.99. The predicted molar refractivity (Wildman–Crippen MR) is 142 cm³/mol. The smallest absolute Gasteiger partial charge is 0.338 e. The monoisotopic (exact) mass is 522 g/mol. The Morgan fingerprint density at radius 3 is 1.78 bits per heavy atom. The molecule has 0 spiro atoms. The lowest BCUT2D eigenvalue weighted by atomic mass is 9.99. The number of aliphatic hydroxyl groups is 3. The fraction of sp³-hybridized carbons (Fsp3) is 0.345. The Balaban J connectivity index is 1.57. The van der Waals surface area contributed by atoms with Crippen molar-refractivity contribution in [3.63, 3.8) is 0 Å². The second-order valence-electron chi connectivity index (χ2n) is 10.3. The Morgan fingerprint density at radius 2 is 1.30 bits per heavy atom. The minimum Gasteiger partial charge on any atom is -0.450 e. The molecule has 1 aliphatic heterocycles. The number of aliphatic hydroxyl groups excluding tert-OH is 3. The number of carbonyl (C=O) groups excluding carboxylic acids is 1. The van der Waals surface area contributed by atoms with E-state index in [0.717, 1.165) is 10.4 Å². The lowest BCUT2D eigenvalue weighted by Gasteiger charge is -2.45. The van der Waals surface area contributed by atoms with E-state index in [2.05, 4.69) is 20.8 Å². The highest BCUT2D eigenvalue weighted by Crippen LogP contribution is 2.37. The number of benzene rings is 3. The molecule has 196 valence electrons. The molecule has 0 bridgehead atoms. The highest BCUT2D eigenvalue weighted by atomic mass is 28.4. The molecule has 1 fully saturated rings. The molecule has 0 aromatic heterocycles. The summed E-state index contributed by atoms with van der Waals surface area (Å²) in [5.74, 6) is -0.735. The number of ether oxygens (including phenoxy) is 2. The van der Waals surface area contributed by atoms with E-state index in [0.29, 0.717) is 0 Å². The lowest BCUT2D eigenvalue weighted by Crippen LogP contribution is -2.68. The van der Waals surface area contributed by atoms with Crippen LogP contribution in [0.4, 0.5) is 0 Å². The molecule has 4 rings (SSSR count). The molecule has 1 aliphatic rings. The van der Waals surface area contributed by atoms with Gasteiger partial charge in [-0.15, -0.1) is 0 Å². The third-order valence-electron chi connectivity index (χ3n) is 6.80. The summed E-state index contributed by atoms with van der Waals surface area (Å²) < 4.78 is 17.7. The second-order valence-corrected chi connectivity index (χ2v) is 14.6. The first-order valence-electron chi connectivity index (χ1n) is 12.4. The summed E-state index contributed by atoms with van der Waals surface area (Å²) >= 11 is 0. The minimum atomic E-state index is -2.93. The lowest BCUT2D eigenvalue weighted by molar-refractivity contribution is -0.284. The van der Waals surface area contributed by atoms with E-state index >= 15 is 0 Å². The Hall–Kier alpha value is -2.85. The van der Waals surface area contributed by atoms with Gasteiger partial charge in [0.2, 0.25) is 0 Å². The number of hydrogen-bond acceptors (Lipinski definition) is 7. The standard InChI is InChI=1S/C29H34O7Si/c1-29(2,3)37(21-15-9-5-10-16-21,22-17-11-6-12-18-22)34-19-23-24(30)25(31)26(28(33)35-23)36-27(32)20-13-7-4-8-14-20/h4-18,23-26,28,30-31,33H,19H2,1-3H3/t23-,24-,25+,26+,28+/m1/s1. The van der Waals surface area contributed by atoms with Crippen LogP contribution in [-0.4, -0.2) is 66.9 Å². The van der Waals surface area contributed by atoms with E-state index in [-0.39, 0.29) is 17.2 Å². The van der Waals surface area contributed by atoms with Crippen molar-refractivity contribution in [2.24, 2.45) is 0 Å².